The lowest BCUT2D eigenvalue weighted by molar-refractivity contribution is -0.136. The first-order chi connectivity index (χ1) is 16.3. The number of benzene rings is 3. The van der Waals surface area contributed by atoms with E-state index in [1.165, 1.54) is 30.5 Å². The zero-order valence-electron chi connectivity index (χ0n) is 17.3. The number of ether oxygens (including phenoxy) is 1. The summed E-state index contributed by atoms with van der Waals surface area (Å²) in [5, 5.41) is 9.18. The number of hydrogen-bond donors (Lipinski definition) is 3. The first-order valence-corrected chi connectivity index (χ1v) is 10.4. The van der Waals surface area contributed by atoms with E-state index in [0.717, 1.165) is 6.07 Å². The highest BCUT2D eigenvalue weighted by atomic mass is 35.5. The van der Waals surface area contributed by atoms with Crippen LogP contribution in [0, 0.1) is 5.82 Å². The minimum atomic E-state index is -1.10. The van der Waals surface area contributed by atoms with Gasteiger partial charge in [0.05, 0.1) is 22.6 Å². The Morgan fingerprint density at radius 1 is 0.912 bits per heavy atom. The summed E-state index contributed by atoms with van der Waals surface area (Å²) in [6, 6.07) is 16.7. The van der Waals surface area contributed by atoms with Crippen molar-refractivity contribution in [2.24, 2.45) is 5.10 Å². The molecule has 3 aromatic carbocycles. The molecular weight excluding hydrogens is 486 g/mol. The maximum absolute atomic E-state index is 13.6. The zero-order chi connectivity index (χ0) is 24.5. The maximum atomic E-state index is 13.6. The molecule has 0 radical (unpaired) electrons. The number of anilines is 2. The molecule has 3 N–H and O–H groups in total. The van der Waals surface area contributed by atoms with E-state index in [1.807, 2.05) is 5.43 Å². The van der Waals surface area contributed by atoms with Crippen LogP contribution in [0.5, 0.6) is 5.75 Å². The number of para-hydroxylation sites is 2. The van der Waals surface area contributed by atoms with Gasteiger partial charge in [-0.3, -0.25) is 14.4 Å². The van der Waals surface area contributed by atoms with Gasteiger partial charge in [0.1, 0.15) is 11.6 Å². The number of carbonyl (C=O) groups is 3. The van der Waals surface area contributed by atoms with Crippen LogP contribution in [0.4, 0.5) is 15.8 Å². The third-order valence-electron chi connectivity index (χ3n) is 4.18. The standard InChI is InChI=1S/C23H17Cl2FN4O4/c24-15-9-10-18(16(25)11-15)28-21(31)13-34-20-8-4-1-5-14(20)12-27-30-23(33)22(32)29-19-7-3-2-6-17(19)26/h1-12H,13H2,(H,28,31)(H,29,32)(H,30,33)/b27-12-. The molecule has 0 bridgehead atoms. The molecular formula is C23H17Cl2FN4O4. The molecule has 3 amide bonds. The van der Waals surface area contributed by atoms with Gasteiger partial charge in [-0.15, -0.1) is 0 Å². The van der Waals surface area contributed by atoms with Crippen LogP contribution >= 0.6 is 23.2 Å². The lowest BCUT2D eigenvalue weighted by Gasteiger charge is -2.10. The van der Waals surface area contributed by atoms with Gasteiger partial charge in [0.2, 0.25) is 0 Å². The largest absolute Gasteiger partial charge is 0.483 e. The Kier molecular flexibility index (Phi) is 8.55. The molecule has 0 unspecified atom stereocenters. The molecule has 0 aliphatic heterocycles. The van der Waals surface area contributed by atoms with E-state index in [4.69, 9.17) is 27.9 Å². The fourth-order valence-corrected chi connectivity index (χ4v) is 3.05. The molecule has 3 aromatic rings. The highest BCUT2D eigenvalue weighted by Crippen LogP contribution is 2.25. The fraction of sp³-hybridized carbons (Fsp3) is 0.0435. The molecule has 0 atom stereocenters. The van der Waals surface area contributed by atoms with Crippen LogP contribution in [0.2, 0.25) is 10.0 Å². The Bertz CT molecular complexity index is 1250. The predicted octanol–water partition coefficient (Wildman–Crippen LogP) is 4.24. The van der Waals surface area contributed by atoms with Crippen LogP contribution in [0.1, 0.15) is 5.56 Å². The SMILES string of the molecule is O=C(COc1ccccc1/C=N\NC(=O)C(=O)Nc1ccccc1F)Nc1ccc(Cl)cc1Cl. The van der Waals surface area contributed by atoms with Gasteiger partial charge in [0, 0.05) is 10.6 Å². The van der Waals surface area contributed by atoms with Crippen molar-refractivity contribution in [3.05, 3.63) is 88.2 Å². The van der Waals surface area contributed by atoms with Crippen molar-refractivity contribution in [3.63, 3.8) is 0 Å². The van der Waals surface area contributed by atoms with E-state index in [0.29, 0.717) is 22.0 Å². The van der Waals surface area contributed by atoms with Crippen LogP contribution in [0.3, 0.4) is 0 Å². The smallest absolute Gasteiger partial charge is 0.329 e. The first-order valence-electron chi connectivity index (χ1n) is 9.69. The lowest BCUT2D eigenvalue weighted by atomic mass is 10.2. The van der Waals surface area contributed by atoms with Gasteiger partial charge in [-0.2, -0.15) is 5.10 Å². The number of halogens is 3. The summed E-state index contributed by atoms with van der Waals surface area (Å²) in [6.45, 7) is -0.332. The highest BCUT2D eigenvalue weighted by Gasteiger charge is 2.15. The minimum absolute atomic E-state index is 0.136. The second-order valence-corrected chi connectivity index (χ2v) is 7.48. The second-order valence-electron chi connectivity index (χ2n) is 6.63. The third kappa shape index (κ3) is 7.03. The van der Waals surface area contributed by atoms with E-state index in [-0.39, 0.29) is 17.3 Å². The molecule has 11 heteroatoms. The highest BCUT2D eigenvalue weighted by molar-refractivity contribution is 6.39. The predicted molar refractivity (Wildman–Crippen MR) is 128 cm³/mol. The third-order valence-corrected chi connectivity index (χ3v) is 4.73. The topological polar surface area (TPSA) is 109 Å². The number of rotatable bonds is 7. The normalized spacial score (nSPS) is 10.6. The Balaban J connectivity index is 1.55. The molecule has 34 heavy (non-hydrogen) atoms. The van der Waals surface area contributed by atoms with E-state index in [2.05, 4.69) is 15.7 Å². The fourth-order valence-electron chi connectivity index (χ4n) is 2.59. The molecule has 0 saturated heterocycles. The van der Waals surface area contributed by atoms with Crippen molar-refractivity contribution in [1.29, 1.82) is 0 Å². The van der Waals surface area contributed by atoms with Gasteiger partial charge in [-0.05, 0) is 42.5 Å². The molecule has 0 spiro atoms. The van der Waals surface area contributed by atoms with Crippen LogP contribution in [0.15, 0.2) is 71.8 Å². The number of amides is 3. The van der Waals surface area contributed by atoms with E-state index < -0.39 is 23.5 Å². The Hall–Kier alpha value is -3.95. The molecule has 0 fully saturated rings. The quantitative estimate of drug-likeness (QED) is 0.255. The average molecular weight is 503 g/mol. The van der Waals surface area contributed by atoms with Crippen molar-refractivity contribution in [1.82, 2.24) is 5.43 Å². The molecule has 0 saturated carbocycles. The summed E-state index contributed by atoms with van der Waals surface area (Å²) < 4.78 is 19.1. The number of hydrogen-bond acceptors (Lipinski definition) is 5. The van der Waals surface area contributed by atoms with Crippen LogP contribution in [-0.4, -0.2) is 30.5 Å². The van der Waals surface area contributed by atoms with Gasteiger partial charge < -0.3 is 15.4 Å². The van der Waals surface area contributed by atoms with E-state index in [9.17, 15) is 18.8 Å². The van der Waals surface area contributed by atoms with Gasteiger partial charge in [-0.25, -0.2) is 9.82 Å². The summed E-state index contributed by atoms with van der Waals surface area (Å²) in [5.74, 6) is -3.04. The van der Waals surface area contributed by atoms with Gasteiger partial charge >= 0.3 is 11.8 Å². The number of hydrazone groups is 1. The van der Waals surface area contributed by atoms with Crippen LogP contribution in [0.25, 0.3) is 0 Å². The van der Waals surface area contributed by atoms with Crippen molar-refractivity contribution < 1.29 is 23.5 Å². The van der Waals surface area contributed by atoms with E-state index in [1.54, 1.807) is 36.4 Å². The molecule has 174 valence electrons. The van der Waals surface area contributed by atoms with E-state index >= 15 is 0 Å². The summed E-state index contributed by atoms with van der Waals surface area (Å²) in [7, 11) is 0. The maximum Gasteiger partial charge on any atom is 0.329 e. The molecule has 3 rings (SSSR count). The van der Waals surface area contributed by atoms with Crippen molar-refractivity contribution in [2.75, 3.05) is 17.2 Å². The first kappa shape index (κ1) is 24.7. The number of nitrogens with one attached hydrogen (secondary N) is 3. The average Bonchev–Trinajstić information content (AvgIpc) is 2.81. The number of carbonyl (C=O) groups excluding carboxylic acids is 3. The molecule has 0 heterocycles. The van der Waals surface area contributed by atoms with Crippen LogP contribution in [-0.2, 0) is 14.4 Å². The lowest BCUT2D eigenvalue weighted by Crippen LogP contribution is -2.32. The molecule has 0 aliphatic carbocycles. The summed E-state index contributed by atoms with van der Waals surface area (Å²) in [5.41, 5.74) is 2.71. The van der Waals surface area contributed by atoms with Crippen molar-refractivity contribution in [2.45, 2.75) is 0 Å². The van der Waals surface area contributed by atoms with Gasteiger partial charge in [-0.1, -0.05) is 47.5 Å². The van der Waals surface area contributed by atoms with Crippen molar-refractivity contribution >= 4 is 58.5 Å². The summed E-state index contributed by atoms with van der Waals surface area (Å²) >= 11 is 11.9. The summed E-state index contributed by atoms with van der Waals surface area (Å²) in [4.78, 5) is 36.0. The molecule has 0 aromatic heterocycles. The van der Waals surface area contributed by atoms with Crippen molar-refractivity contribution in [3.8, 4) is 5.75 Å². The Labute approximate surface area is 203 Å². The molecule has 8 nitrogen and oxygen atoms in total. The minimum Gasteiger partial charge on any atom is -0.483 e. The molecule has 0 aliphatic rings. The zero-order valence-corrected chi connectivity index (χ0v) is 18.9. The van der Waals surface area contributed by atoms with Gasteiger partial charge in [0.15, 0.2) is 6.61 Å². The Morgan fingerprint density at radius 2 is 1.65 bits per heavy atom. The van der Waals surface area contributed by atoms with Crippen LogP contribution < -0.4 is 20.8 Å². The summed E-state index contributed by atoms with van der Waals surface area (Å²) in [6.07, 6.45) is 1.23. The second kappa shape index (κ2) is 11.8. The monoisotopic (exact) mass is 502 g/mol. The van der Waals surface area contributed by atoms with Gasteiger partial charge in [0.25, 0.3) is 5.91 Å². The Morgan fingerprint density at radius 3 is 2.41 bits per heavy atom. The number of nitrogens with zero attached hydrogens (tertiary/aromatic N) is 1.